The molecule has 1 saturated heterocycles. The van der Waals surface area contributed by atoms with E-state index in [0.717, 1.165) is 18.9 Å². The maximum absolute atomic E-state index is 12.7. The fourth-order valence-corrected chi connectivity index (χ4v) is 4.29. The molecule has 2 rings (SSSR count). The maximum atomic E-state index is 12.7. The number of rotatable bonds is 6. The van der Waals surface area contributed by atoms with E-state index in [0.29, 0.717) is 25.6 Å². The summed E-state index contributed by atoms with van der Waals surface area (Å²) in [5.41, 5.74) is 0.0267. The van der Waals surface area contributed by atoms with Crippen LogP contribution in [0.3, 0.4) is 0 Å². The molecule has 1 heterocycles. The van der Waals surface area contributed by atoms with Gasteiger partial charge < -0.3 is 5.32 Å². The van der Waals surface area contributed by atoms with Gasteiger partial charge in [0, 0.05) is 25.7 Å². The molecule has 7 nitrogen and oxygen atoms in total. The van der Waals surface area contributed by atoms with Crippen LogP contribution in [0.2, 0.25) is 0 Å². The molecule has 0 spiro atoms. The lowest BCUT2D eigenvalue weighted by atomic mass is 10.0. The van der Waals surface area contributed by atoms with Crippen molar-refractivity contribution < 1.29 is 13.3 Å². The second kappa shape index (κ2) is 7.10. The lowest BCUT2D eigenvalue weighted by molar-refractivity contribution is -0.384. The fraction of sp³-hybridized carbons (Fsp3) is 0.467. The molecule has 0 unspecified atom stereocenters. The van der Waals surface area contributed by atoms with Crippen LogP contribution >= 0.6 is 0 Å². The Hall–Kier alpha value is -1.93. The van der Waals surface area contributed by atoms with E-state index in [1.807, 2.05) is 6.92 Å². The van der Waals surface area contributed by atoms with Crippen LogP contribution in [-0.4, -0.2) is 37.3 Å². The molecule has 23 heavy (non-hydrogen) atoms. The van der Waals surface area contributed by atoms with Gasteiger partial charge in [-0.15, -0.1) is 6.58 Å². The van der Waals surface area contributed by atoms with Gasteiger partial charge in [-0.05, 0) is 30.9 Å². The standard InChI is InChI=1S/C15H21N3O4S/c1-3-8-16-14-7-6-13(10-15(14)18(19)20)23(21,22)17-9-4-5-12(2)11-17/h3,6-7,10,12,16H,1,4-5,8-9,11H2,2H3/t12-/m1/s1. The monoisotopic (exact) mass is 339 g/mol. The van der Waals surface area contributed by atoms with E-state index >= 15 is 0 Å². The quantitative estimate of drug-likeness (QED) is 0.488. The van der Waals surface area contributed by atoms with E-state index in [-0.39, 0.29) is 16.3 Å². The van der Waals surface area contributed by atoms with Crippen molar-refractivity contribution in [1.29, 1.82) is 0 Å². The van der Waals surface area contributed by atoms with Crippen molar-refractivity contribution in [3.63, 3.8) is 0 Å². The normalized spacial score (nSPS) is 19.3. The molecule has 0 saturated carbocycles. The van der Waals surface area contributed by atoms with Gasteiger partial charge in [0.05, 0.1) is 9.82 Å². The average molecular weight is 339 g/mol. The maximum Gasteiger partial charge on any atom is 0.293 e. The van der Waals surface area contributed by atoms with Gasteiger partial charge in [0.2, 0.25) is 10.0 Å². The summed E-state index contributed by atoms with van der Waals surface area (Å²) in [4.78, 5) is 10.6. The predicted octanol–water partition coefficient (Wildman–Crippen LogP) is 2.61. The average Bonchev–Trinajstić information content (AvgIpc) is 2.52. The first-order chi connectivity index (χ1) is 10.9. The highest BCUT2D eigenvalue weighted by molar-refractivity contribution is 7.89. The second-order valence-corrected chi connectivity index (χ2v) is 7.65. The number of sulfonamides is 1. The van der Waals surface area contributed by atoms with Crippen molar-refractivity contribution in [3.8, 4) is 0 Å². The zero-order valence-electron chi connectivity index (χ0n) is 13.1. The zero-order valence-corrected chi connectivity index (χ0v) is 13.9. The Morgan fingerprint density at radius 1 is 1.52 bits per heavy atom. The van der Waals surface area contributed by atoms with E-state index in [9.17, 15) is 18.5 Å². The topological polar surface area (TPSA) is 92.6 Å². The van der Waals surface area contributed by atoms with Crippen LogP contribution in [0.25, 0.3) is 0 Å². The molecule has 1 aromatic rings. The van der Waals surface area contributed by atoms with Gasteiger partial charge in [0.1, 0.15) is 5.69 Å². The minimum atomic E-state index is -3.71. The molecule has 0 bridgehead atoms. The molecule has 1 aliphatic rings. The summed E-state index contributed by atoms with van der Waals surface area (Å²) in [5, 5.41) is 14.1. The summed E-state index contributed by atoms with van der Waals surface area (Å²) in [6.07, 6.45) is 3.38. The molecule has 1 N–H and O–H groups in total. The van der Waals surface area contributed by atoms with Crippen LogP contribution in [0.15, 0.2) is 35.7 Å². The van der Waals surface area contributed by atoms with Gasteiger partial charge in [-0.2, -0.15) is 4.31 Å². The summed E-state index contributed by atoms with van der Waals surface area (Å²) >= 11 is 0. The number of nitro groups is 1. The molecule has 8 heteroatoms. The highest BCUT2D eigenvalue weighted by Crippen LogP contribution is 2.30. The van der Waals surface area contributed by atoms with Crippen molar-refractivity contribution >= 4 is 21.4 Å². The zero-order chi connectivity index (χ0) is 17.0. The fourth-order valence-electron chi connectivity index (χ4n) is 2.67. The van der Waals surface area contributed by atoms with Crippen molar-refractivity contribution in [2.75, 3.05) is 25.0 Å². The molecule has 1 atom stereocenters. The molecular formula is C15H21N3O4S. The third-order valence-corrected chi connectivity index (χ3v) is 5.72. The molecule has 1 aliphatic heterocycles. The van der Waals surface area contributed by atoms with Gasteiger partial charge in [-0.1, -0.05) is 13.0 Å². The largest absolute Gasteiger partial charge is 0.376 e. The molecular weight excluding hydrogens is 318 g/mol. The lowest BCUT2D eigenvalue weighted by Gasteiger charge is -2.30. The summed E-state index contributed by atoms with van der Waals surface area (Å²) in [6, 6.07) is 3.97. The Bertz CT molecular complexity index is 703. The second-order valence-electron chi connectivity index (χ2n) is 5.72. The number of nitro benzene ring substituents is 1. The molecule has 0 aromatic heterocycles. The van der Waals surface area contributed by atoms with E-state index in [4.69, 9.17) is 0 Å². The van der Waals surface area contributed by atoms with Gasteiger partial charge in [0.25, 0.3) is 5.69 Å². The number of benzene rings is 1. The van der Waals surface area contributed by atoms with Crippen LogP contribution in [0.5, 0.6) is 0 Å². The van der Waals surface area contributed by atoms with E-state index in [2.05, 4.69) is 11.9 Å². The molecule has 0 amide bonds. The van der Waals surface area contributed by atoms with Crippen LogP contribution in [0.1, 0.15) is 19.8 Å². The molecule has 126 valence electrons. The van der Waals surface area contributed by atoms with E-state index < -0.39 is 14.9 Å². The van der Waals surface area contributed by atoms with Crippen molar-refractivity contribution in [2.24, 2.45) is 5.92 Å². The Morgan fingerprint density at radius 2 is 2.26 bits per heavy atom. The first kappa shape index (κ1) is 17.4. The Balaban J connectivity index is 2.36. The number of piperidine rings is 1. The SMILES string of the molecule is C=CCNc1ccc(S(=O)(=O)N2CCC[C@@H](C)C2)cc1[N+](=O)[O-]. The predicted molar refractivity (Wildman–Crippen MR) is 88.9 cm³/mol. The van der Waals surface area contributed by atoms with Crippen molar-refractivity contribution in [3.05, 3.63) is 41.0 Å². The highest BCUT2D eigenvalue weighted by Gasteiger charge is 2.30. The van der Waals surface area contributed by atoms with Crippen molar-refractivity contribution in [1.82, 2.24) is 4.31 Å². The van der Waals surface area contributed by atoms with Gasteiger partial charge in [0.15, 0.2) is 0 Å². The van der Waals surface area contributed by atoms with E-state index in [1.54, 1.807) is 6.08 Å². The Labute approximate surface area is 136 Å². The first-order valence-corrected chi connectivity index (χ1v) is 8.93. The Kier molecular flexibility index (Phi) is 5.38. The third-order valence-electron chi connectivity index (χ3n) is 3.86. The third kappa shape index (κ3) is 3.89. The van der Waals surface area contributed by atoms with Gasteiger partial charge in [-0.3, -0.25) is 10.1 Å². The number of anilines is 1. The van der Waals surface area contributed by atoms with Gasteiger partial charge >= 0.3 is 0 Å². The summed E-state index contributed by atoms with van der Waals surface area (Å²) in [7, 11) is -3.71. The van der Waals surface area contributed by atoms with Gasteiger partial charge in [-0.25, -0.2) is 8.42 Å². The summed E-state index contributed by atoms with van der Waals surface area (Å²) in [5.74, 6) is 0.294. The molecule has 0 aliphatic carbocycles. The summed E-state index contributed by atoms with van der Waals surface area (Å²) < 4.78 is 26.8. The van der Waals surface area contributed by atoms with E-state index in [1.165, 1.54) is 16.4 Å². The smallest absolute Gasteiger partial charge is 0.293 e. The van der Waals surface area contributed by atoms with Crippen molar-refractivity contribution in [2.45, 2.75) is 24.7 Å². The lowest BCUT2D eigenvalue weighted by Crippen LogP contribution is -2.39. The number of nitrogens with zero attached hydrogens (tertiary/aromatic N) is 2. The van der Waals surface area contributed by atoms with Crippen LogP contribution in [0, 0.1) is 16.0 Å². The minimum absolute atomic E-state index is 0.0394. The minimum Gasteiger partial charge on any atom is -0.376 e. The van der Waals surface area contributed by atoms with Crippen LogP contribution in [0.4, 0.5) is 11.4 Å². The highest BCUT2D eigenvalue weighted by atomic mass is 32.2. The molecule has 1 aromatic carbocycles. The Morgan fingerprint density at radius 3 is 2.87 bits per heavy atom. The van der Waals surface area contributed by atoms with Crippen LogP contribution < -0.4 is 5.32 Å². The summed E-state index contributed by atoms with van der Waals surface area (Å²) in [6.45, 7) is 6.81. The number of nitrogens with one attached hydrogen (secondary N) is 1. The molecule has 1 fully saturated rings. The number of hydrogen-bond donors (Lipinski definition) is 1. The van der Waals surface area contributed by atoms with Crippen LogP contribution in [-0.2, 0) is 10.0 Å². The number of hydrogen-bond acceptors (Lipinski definition) is 5. The molecule has 0 radical (unpaired) electrons. The first-order valence-electron chi connectivity index (χ1n) is 7.49.